The van der Waals surface area contributed by atoms with Crippen LogP contribution in [0.1, 0.15) is 51.5 Å². The van der Waals surface area contributed by atoms with Crippen LogP contribution in [0.15, 0.2) is 36.4 Å². The molecule has 3 N–H and O–H groups in total. The van der Waals surface area contributed by atoms with Gasteiger partial charge in [0.1, 0.15) is 18.4 Å². The summed E-state index contributed by atoms with van der Waals surface area (Å²) in [4.78, 5) is 36.9. The summed E-state index contributed by atoms with van der Waals surface area (Å²) in [7, 11) is 0. The van der Waals surface area contributed by atoms with Crippen molar-refractivity contribution in [3.8, 4) is 17.3 Å². The number of amides is 1. The van der Waals surface area contributed by atoms with E-state index < -0.39 is 30.1 Å². The van der Waals surface area contributed by atoms with Gasteiger partial charge in [0, 0.05) is 24.6 Å². The summed E-state index contributed by atoms with van der Waals surface area (Å²) < 4.78 is 21.5. The van der Waals surface area contributed by atoms with Crippen LogP contribution in [0.5, 0.6) is 6.01 Å². The van der Waals surface area contributed by atoms with Gasteiger partial charge in [-0.15, -0.1) is 0 Å². The Kier molecular flexibility index (Phi) is 8.33. The van der Waals surface area contributed by atoms with Gasteiger partial charge in [0.25, 0.3) is 6.01 Å². The van der Waals surface area contributed by atoms with E-state index in [0.717, 1.165) is 16.7 Å². The molecule has 0 spiro atoms. The largest absolute Gasteiger partial charge is 0.481 e. The highest BCUT2D eigenvalue weighted by Gasteiger charge is 2.44. The molecule has 0 radical (unpaired) electrons. The number of nitrogens with one attached hydrogen (secondary N) is 1. The minimum Gasteiger partial charge on any atom is -0.481 e. The van der Waals surface area contributed by atoms with Gasteiger partial charge in [-0.1, -0.05) is 55.8 Å². The molecule has 218 valence electrons. The average molecular weight is 585 g/mol. The quantitative estimate of drug-likeness (QED) is 0.329. The maximum absolute atomic E-state index is 15.5. The van der Waals surface area contributed by atoms with Crippen LogP contribution >= 0.6 is 11.6 Å². The minimum atomic E-state index is -1.53. The first-order valence-electron chi connectivity index (χ1n) is 13.9. The molecule has 41 heavy (non-hydrogen) atoms. The number of hydrogen-bond acceptors (Lipinski definition) is 6. The molecule has 3 aromatic rings. The number of halogens is 2. The van der Waals surface area contributed by atoms with E-state index >= 15 is 4.39 Å². The van der Waals surface area contributed by atoms with Gasteiger partial charge in [-0.2, -0.15) is 4.98 Å². The molecule has 1 aliphatic heterocycles. The number of imidazole rings is 1. The van der Waals surface area contributed by atoms with Crippen LogP contribution < -0.4 is 4.74 Å². The maximum Gasteiger partial charge on any atom is 0.306 e. The second kappa shape index (κ2) is 11.8. The Morgan fingerprint density at radius 2 is 1.88 bits per heavy atom. The van der Waals surface area contributed by atoms with E-state index in [2.05, 4.69) is 15.0 Å². The van der Waals surface area contributed by atoms with Crippen LogP contribution in [0.2, 0.25) is 5.02 Å². The van der Waals surface area contributed by atoms with E-state index in [-0.39, 0.29) is 30.9 Å². The Bertz CT molecular complexity index is 1470. The molecule has 5 rings (SSSR count). The van der Waals surface area contributed by atoms with Gasteiger partial charge in [-0.05, 0) is 49.3 Å². The summed E-state index contributed by atoms with van der Waals surface area (Å²) in [6.07, 6.45) is 3.86. The summed E-state index contributed by atoms with van der Waals surface area (Å²) in [5, 5.41) is 18.8. The van der Waals surface area contributed by atoms with Gasteiger partial charge in [0.2, 0.25) is 5.91 Å². The molecule has 0 saturated heterocycles. The summed E-state index contributed by atoms with van der Waals surface area (Å²) in [6.45, 7) is 3.79. The molecule has 0 bridgehead atoms. The van der Waals surface area contributed by atoms with Crippen LogP contribution in [0.4, 0.5) is 4.39 Å². The fourth-order valence-electron chi connectivity index (χ4n) is 5.72. The Morgan fingerprint density at radius 1 is 1.20 bits per heavy atom. The Labute approximate surface area is 242 Å². The van der Waals surface area contributed by atoms with Crippen LogP contribution in [0.3, 0.4) is 0 Å². The molecule has 2 atom stereocenters. The first-order valence-corrected chi connectivity index (χ1v) is 14.3. The number of nitrogens with zero attached hydrogens (tertiary/aromatic N) is 3. The van der Waals surface area contributed by atoms with Crippen molar-refractivity contribution in [3.63, 3.8) is 0 Å². The van der Waals surface area contributed by atoms with Crippen LogP contribution in [-0.4, -0.2) is 73.4 Å². The highest BCUT2D eigenvalue weighted by molar-refractivity contribution is 6.33. The molecule has 2 aromatic heterocycles. The number of benzene rings is 1. The van der Waals surface area contributed by atoms with Crippen LogP contribution in [-0.2, 0) is 9.59 Å². The molecule has 1 aromatic carbocycles. The lowest BCUT2D eigenvalue weighted by Crippen LogP contribution is -2.43. The molecule has 3 heterocycles. The topological polar surface area (TPSA) is 129 Å². The summed E-state index contributed by atoms with van der Waals surface area (Å²) >= 11 is 6.59. The van der Waals surface area contributed by atoms with E-state index in [4.69, 9.17) is 21.4 Å². The number of pyridine rings is 1. The van der Waals surface area contributed by atoms with Crippen molar-refractivity contribution in [2.75, 3.05) is 19.7 Å². The summed E-state index contributed by atoms with van der Waals surface area (Å²) in [5.74, 6) is -2.59. The van der Waals surface area contributed by atoms with Crippen molar-refractivity contribution in [2.45, 2.75) is 57.7 Å². The number of carbonyl (C=O) groups is 2. The second-order valence-electron chi connectivity index (χ2n) is 11.1. The van der Waals surface area contributed by atoms with Gasteiger partial charge >= 0.3 is 5.97 Å². The molecule has 2 unspecified atom stereocenters. The predicted octanol–water partition coefficient (Wildman–Crippen LogP) is 5.27. The number of aromatic nitrogens is 3. The number of aliphatic carboxylic acids is 1. The van der Waals surface area contributed by atoms with Gasteiger partial charge < -0.3 is 24.8 Å². The molecule has 9 nitrogen and oxygen atoms in total. The number of alkyl halides is 1. The van der Waals surface area contributed by atoms with Crippen molar-refractivity contribution < 1.29 is 28.9 Å². The van der Waals surface area contributed by atoms with Crippen molar-refractivity contribution in [1.82, 2.24) is 19.9 Å². The normalized spacial score (nSPS) is 22.7. The number of carboxylic acid groups (broad SMARTS) is 1. The lowest BCUT2D eigenvalue weighted by Gasteiger charge is -2.39. The van der Waals surface area contributed by atoms with E-state index in [1.165, 1.54) is 0 Å². The van der Waals surface area contributed by atoms with Crippen molar-refractivity contribution in [2.24, 2.45) is 11.8 Å². The average Bonchev–Trinajstić information content (AvgIpc) is 3.37. The minimum absolute atomic E-state index is 0.233. The monoisotopic (exact) mass is 584 g/mol. The number of carbonyl (C=O) groups excluding carboxylic acids is 1. The van der Waals surface area contributed by atoms with E-state index in [1.54, 1.807) is 24.8 Å². The van der Waals surface area contributed by atoms with Gasteiger partial charge in [-0.25, -0.2) is 9.37 Å². The highest BCUT2D eigenvalue weighted by Crippen LogP contribution is 2.42. The predicted molar refractivity (Wildman–Crippen MR) is 153 cm³/mol. The van der Waals surface area contributed by atoms with Crippen molar-refractivity contribution >= 4 is 40.2 Å². The lowest BCUT2D eigenvalue weighted by molar-refractivity contribution is -0.146. The van der Waals surface area contributed by atoms with E-state index in [0.29, 0.717) is 54.2 Å². The van der Waals surface area contributed by atoms with Crippen molar-refractivity contribution in [3.05, 3.63) is 47.0 Å². The lowest BCUT2D eigenvalue weighted by atomic mass is 9.72. The van der Waals surface area contributed by atoms with E-state index in [9.17, 15) is 14.7 Å². The zero-order valence-electron chi connectivity index (χ0n) is 23.1. The number of aromatic amines is 1. The number of hydrogen-bond donors (Lipinski definition) is 3. The summed E-state index contributed by atoms with van der Waals surface area (Å²) in [6, 6.07) is 9.94. The molecule has 2 aliphatic rings. The standard InChI is InChI=1S/C30H34ClFN4O5/c1-17(28(39)40)18(2)30(32)11-7-22(8-12-30)41-29-33-24-15-23(31)26(34-27(24)35-29)21-5-3-19(4-6-21)20-9-13-36(14-10-20)25(38)16-37/h3-6,9,15,17-18,22,37H,7-8,10-14,16H2,1-2H3,(H,39,40)(H,33,34,35). The molecule has 1 aliphatic carbocycles. The molecule has 1 saturated carbocycles. The molecular formula is C30H34ClFN4O5. The van der Waals surface area contributed by atoms with E-state index in [1.807, 2.05) is 30.3 Å². The van der Waals surface area contributed by atoms with Crippen LogP contribution in [0.25, 0.3) is 28.0 Å². The molecule has 1 amide bonds. The number of aliphatic hydroxyl groups is 1. The summed E-state index contributed by atoms with van der Waals surface area (Å²) in [5.41, 5.74) is 3.15. The number of H-pyrrole nitrogens is 1. The Balaban J connectivity index is 1.25. The van der Waals surface area contributed by atoms with Crippen molar-refractivity contribution in [1.29, 1.82) is 0 Å². The highest BCUT2D eigenvalue weighted by atomic mass is 35.5. The Hall–Kier alpha value is -3.50. The number of fused-ring (bicyclic) bond motifs is 1. The number of carboxylic acids is 1. The zero-order chi connectivity index (χ0) is 29.3. The fraction of sp³-hybridized carbons (Fsp3) is 0.467. The van der Waals surface area contributed by atoms with Gasteiger partial charge in [0.15, 0.2) is 5.65 Å². The number of ether oxygens (including phenoxy) is 1. The smallest absolute Gasteiger partial charge is 0.306 e. The third-order valence-electron chi connectivity index (χ3n) is 8.63. The van der Waals surface area contributed by atoms with Gasteiger partial charge in [0.05, 0.1) is 22.2 Å². The Morgan fingerprint density at radius 3 is 2.49 bits per heavy atom. The second-order valence-corrected chi connectivity index (χ2v) is 11.5. The first kappa shape index (κ1) is 29.0. The number of rotatable bonds is 8. The molecule has 1 fully saturated rings. The maximum atomic E-state index is 15.5. The third kappa shape index (κ3) is 6.08. The fourth-order valence-corrected chi connectivity index (χ4v) is 5.98. The molecule has 11 heteroatoms. The number of aliphatic hydroxyl groups excluding tert-OH is 1. The zero-order valence-corrected chi connectivity index (χ0v) is 23.8. The molecular weight excluding hydrogens is 551 g/mol. The van der Waals surface area contributed by atoms with Crippen LogP contribution in [0, 0.1) is 11.8 Å². The third-order valence-corrected chi connectivity index (χ3v) is 8.92. The SMILES string of the molecule is CC(C(=O)O)C(C)C1(F)CCC(Oc2nc3nc(-c4ccc(C5=CCN(C(=O)CO)CC5)cc4)c(Cl)cc3[nH]2)CC1. The first-order chi connectivity index (χ1) is 19.6. The van der Waals surface area contributed by atoms with Gasteiger partial charge in [-0.3, -0.25) is 9.59 Å².